The number of hydrogen-bond donors (Lipinski definition) is 2. The molecule has 0 amide bonds. The van der Waals surface area contributed by atoms with Gasteiger partial charge in [-0.25, -0.2) is 22.8 Å². The van der Waals surface area contributed by atoms with Gasteiger partial charge in [-0.2, -0.15) is 4.31 Å². The third-order valence-corrected chi connectivity index (χ3v) is 7.28. The number of nitrogens with two attached hydrogens (primary N) is 1. The maximum Gasteiger partial charge on any atom is 0.244 e. The van der Waals surface area contributed by atoms with Gasteiger partial charge in [0.2, 0.25) is 16.0 Å². The van der Waals surface area contributed by atoms with Crippen molar-refractivity contribution in [3.8, 4) is 22.3 Å². The smallest absolute Gasteiger partial charge is 0.244 e. The van der Waals surface area contributed by atoms with Gasteiger partial charge in [0.25, 0.3) is 0 Å². The molecule has 4 rings (SSSR count). The molecule has 1 atom stereocenters. The molecule has 2 heterocycles. The third-order valence-electron chi connectivity index (χ3n) is 5.27. The normalized spacial score (nSPS) is 17.3. The summed E-state index contributed by atoms with van der Waals surface area (Å²) in [5.74, 6) is -0.430. The van der Waals surface area contributed by atoms with E-state index < -0.39 is 21.9 Å². The fraction of sp³-hybridized carbons (Fsp3) is 0.238. The van der Waals surface area contributed by atoms with Crippen molar-refractivity contribution in [1.82, 2.24) is 14.3 Å². The first-order valence-electron chi connectivity index (χ1n) is 9.51. The Hall–Kier alpha value is -2.88. The monoisotopic (exact) mass is 428 g/mol. The lowest BCUT2D eigenvalue weighted by atomic mass is 10.0. The van der Waals surface area contributed by atoms with E-state index in [1.54, 1.807) is 30.3 Å². The van der Waals surface area contributed by atoms with Crippen LogP contribution < -0.4 is 5.73 Å². The second kappa shape index (κ2) is 8.10. The van der Waals surface area contributed by atoms with Gasteiger partial charge in [0.05, 0.1) is 11.5 Å². The number of halogens is 1. The zero-order valence-corrected chi connectivity index (χ0v) is 16.9. The van der Waals surface area contributed by atoms with E-state index in [0.717, 1.165) is 0 Å². The molecule has 7 nitrogen and oxygen atoms in total. The molecule has 1 saturated heterocycles. The number of sulfonamides is 1. The summed E-state index contributed by atoms with van der Waals surface area (Å²) >= 11 is 0. The van der Waals surface area contributed by atoms with Crippen LogP contribution in [0.1, 0.15) is 12.8 Å². The van der Waals surface area contributed by atoms with E-state index in [1.807, 2.05) is 0 Å². The molecule has 156 valence electrons. The standard InChI is InChI=1S/C21H21FN4O3S/c22-19-10-14(7-8-17(19)15-11-24-21(23)25-12-15)18-5-1-2-6-20(18)30(28,29)26-9-3-4-16(26)13-27/h1-2,5-8,10-12,16,27H,3-4,9,13H2,(H2,23,24,25)/t16-/m0/s1. The van der Waals surface area contributed by atoms with Crippen molar-refractivity contribution in [3.05, 3.63) is 60.7 Å². The van der Waals surface area contributed by atoms with Crippen LogP contribution >= 0.6 is 0 Å². The lowest BCUT2D eigenvalue weighted by Crippen LogP contribution is -2.37. The Morgan fingerprint density at radius 3 is 2.53 bits per heavy atom. The fourth-order valence-electron chi connectivity index (χ4n) is 3.76. The van der Waals surface area contributed by atoms with Crippen molar-refractivity contribution in [1.29, 1.82) is 0 Å². The molecule has 3 aromatic rings. The van der Waals surface area contributed by atoms with Crippen LogP contribution in [-0.4, -0.2) is 47.0 Å². The van der Waals surface area contributed by atoms with Crippen LogP contribution in [0.15, 0.2) is 59.8 Å². The van der Waals surface area contributed by atoms with E-state index >= 15 is 0 Å². The molecule has 0 bridgehead atoms. The Kier molecular flexibility index (Phi) is 5.50. The number of anilines is 1. The molecule has 3 N–H and O–H groups in total. The minimum atomic E-state index is -3.84. The molecule has 0 aliphatic carbocycles. The number of aliphatic hydroxyl groups excluding tert-OH is 1. The van der Waals surface area contributed by atoms with Crippen LogP contribution in [-0.2, 0) is 10.0 Å². The molecule has 2 aromatic carbocycles. The Bertz CT molecular complexity index is 1170. The summed E-state index contributed by atoms with van der Waals surface area (Å²) in [5.41, 5.74) is 7.08. The van der Waals surface area contributed by atoms with E-state index in [-0.39, 0.29) is 17.5 Å². The van der Waals surface area contributed by atoms with E-state index in [9.17, 15) is 17.9 Å². The molecule has 30 heavy (non-hydrogen) atoms. The zero-order chi connectivity index (χ0) is 21.3. The molecule has 0 unspecified atom stereocenters. The molecule has 1 aliphatic rings. The summed E-state index contributed by atoms with van der Waals surface area (Å²) in [7, 11) is -3.84. The van der Waals surface area contributed by atoms with E-state index in [2.05, 4.69) is 9.97 Å². The first-order chi connectivity index (χ1) is 14.4. The summed E-state index contributed by atoms with van der Waals surface area (Å²) < 4.78 is 42.8. The molecular weight excluding hydrogens is 407 g/mol. The van der Waals surface area contributed by atoms with Gasteiger partial charge in [0.1, 0.15) is 5.82 Å². The van der Waals surface area contributed by atoms with Crippen molar-refractivity contribution < 1.29 is 17.9 Å². The van der Waals surface area contributed by atoms with Crippen LogP contribution in [0, 0.1) is 5.82 Å². The van der Waals surface area contributed by atoms with Gasteiger partial charge in [-0.05, 0) is 30.5 Å². The zero-order valence-electron chi connectivity index (χ0n) is 16.1. The van der Waals surface area contributed by atoms with Crippen LogP contribution in [0.5, 0.6) is 0 Å². The maximum atomic E-state index is 14.9. The molecule has 0 saturated carbocycles. The Balaban J connectivity index is 1.76. The average molecular weight is 428 g/mol. The number of aliphatic hydroxyl groups is 1. The molecule has 0 radical (unpaired) electrons. The molecule has 0 spiro atoms. The largest absolute Gasteiger partial charge is 0.395 e. The average Bonchev–Trinajstić information content (AvgIpc) is 3.24. The van der Waals surface area contributed by atoms with Crippen LogP contribution in [0.4, 0.5) is 10.3 Å². The fourth-order valence-corrected chi connectivity index (χ4v) is 5.66. The van der Waals surface area contributed by atoms with Gasteiger partial charge < -0.3 is 10.8 Å². The number of hydrogen-bond acceptors (Lipinski definition) is 6. The van der Waals surface area contributed by atoms with E-state index in [0.29, 0.717) is 41.6 Å². The van der Waals surface area contributed by atoms with Crippen LogP contribution in [0.2, 0.25) is 0 Å². The second-order valence-corrected chi connectivity index (χ2v) is 8.97. The predicted octanol–water partition coefficient (Wildman–Crippen LogP) is 2.68. The van der Waals surface area contributed by atoms with Gasteiger partial charge in [-0.15, -0.1) is 0 Å². The topological polar surface area (TPSA) is 109 Å². The summed E-state index contributed by atoms with van der Waals surface area (Å²) in [6, 6.07) is 10.6. The van der Waals surface area contributed by atoms with Crippen LogP contribution in [0.25, 0.3) is 22.3 Å². The second-order valence-electron chi connectivity index (χ2n) is 7.12. The lowest BCUT2D eigenvalue weighted by molar-refractivity contribution is 0.213. The van der Waals surface area contributed by atoms with E-state index in [4.69, 9.17) is 5.73 Å². The number of nitrogens with zero attached hydrogens (tertiary/aromatic N) is 3. The molecule has 9 heteroatoms. The van der Waals surface area contributed by atoms with Gasteiger partial charge in [0.15, 0.2) is 0 Å². The Morgan fingerprint density at radius 1 is 1.10 bits per heavy atom. The first-order valence-corrected chi connectivity index (χ1v) is 11.0. The molecule has 1 aromatic heterocycles. The lowest BCUT2D eigenvalue weighted by Gasteiger charge is -2.24. The molecule has 1 fully saturated rings. The van der Waals surface area contributed by atoms with Crippen molar-refractivity contribution in [2.24, 2.45) is 0 Å². The van der Waals surface area contributed by atoms with Gasteiger partial charge in [0, 0.05) is 41.7 Å². The Labute approximate surface area is 174 Å². The SMILES string of the molecule is Nc1ncc(-c2ccc(-c3ccccc3S(=O)(=O)N3CCC[C@H]3CO)cc2F)cn1. The first kappa shape index (κ1) is 20.4. The maximum absolute atomic E-state index is 14.9. The highest BCUT2D eigenvalue weighted by atomic mass is 32.2. The highest BCUT2D eigenvalue weighted by molar-refractivity contribution is 7.89. The van der Waals surface area contributed by atoms with Gasteiger partial charge in [-0.1, -0.05) is 30.3 Å². The quantitative estimate of drug-likeness (QED) is 0.647. The van der Waals surface area contributed by atoms with Crippen molar-refractivity contribution in [2.45, 2.75) is 23.8 Å². The summed E-state index contributed by atoms with van der Waals surface area (Å²) in [4.78, 5) is 7.85. The highest BCUT2D eigenvalue weighted by Gasteiger charge is 2.36. The summed E-state index contributed by atoms with van der Waals surface area (Å²) in [6.45, 7) is 0.126. The third kappa shape index (κ3) is 3.67. The Morgan fingerprint density at radius 2 is 1.83 bits per heavy atom. The predicted molar refractivity (Wildman–Crippen MR) is 111 cm³/mol. The minimum absolute atomic E-state index is 0.0910. The molecular formula is C21H21FN4O3S. The van der Waals surface area contributed by atoms with Crippen molar-refractivity contribution >= 4 is 16.0 Å². The molecule has 1 aliphatic heterocycles. The summed E-state index contributed by atoms with van der Waals surface area (Å²) in [6.07, 6.45) is 4.17. The summed E-state index contributed by atoms with van der Waals surface area (Å²) in [5, 5.41) is 9.55. The minimum Gasteiger partial charge on any atom is -0.395 e. The van der Waals surface area contributed by atoms with Crippen molar-refractivity contribution in [2.75, 3.05) is 18.9 Å². The van der Waals surface area contributed by atoms with Crippen molar-refractivity contribution in [3.63, 3.8) is 0 Å². The number of rotatable bonds is 5. The van der Waals surface area contributed by atoms with Crippen LogP contribution in [0.3, 0.4) is 0 Å². The highest BCUT2D eigenvalue weighted by Crippen LogP contribution is 2.34. The number of aromatic nitrogens is 2. The number of benzene rings is 2. The van der Waals surface area contributed by atoms with E-state index in [1.165, 1.54) is 28.8 Å². The van der Waals surface area contributed by atoms with Gasteiger partial charge in [-0.3, -0.25) is 0 Å². The van der Waals surface area contributed by atoms with Gasteiger partial charge >= 0.3 is 0 Å². The number of nitrogen functional groups attached to an aromatic ring is 1.